The van der Waals surface area contributed by atoms with Crippen molar-refractivity contribution < 1.29 is 13.2 Å². The number of benzene rings is 1. The molecule has 0 saturated heterocycles. The van der Waals surface area contributed by atoms with Gasteiger partial charge < -0.3 is 4.74 Å². The van der Waals surface area contributed by atoms with Crippen LogP contribution in [0.3, 0.4) is 0 Å². The summed E-state index contributed by atoms with van der Waals surface area (Å²) in [6.07, 6.45) is 2.19. The Morgan fingerprint density at radius 3 is 2.38 bits per heavy atom. The van der Waals surface area contributed by atoms with Gasteiger partial charge in [-0.25, -0.2) is 8.42 Å². The van der Waals surface area contributed by atoms with Crippen molar-refractivity contribution in [2.45, 2.75) is 52.4 Å². The number of aryl methyl sites for hydroxylation is 1. The molecule has 1 rings (SSSR count). The lowest BCUT2D eigenvalue weighted by molar-refractivity contribution is 0.301. The fourth-order valence-electron chi connectivity index (χ4n) is 2.07. The van der Waals surface area contributed by atoms with Crippen molar-refractivity contribution in [2.75, 3.05) is 12.4 Å². The number of ether oxygens (including phenoxy) is 1. The van der Waals surface area contributed by atoms with Crippen LogP contribution < -0.4 is 4.74 Å². The van der Waals surface area contributed by atoms with Crippen LogP contribution in [-0.4, -0.2) is 20.8 Å². The SMILES string of the molecule is CCc1ccc(OCCCCS(=O)(=O)Cl)c(C(C)(C)C)c1. The van der Waals surface area contributed by atoms with E-state index >= 15 is 0 Å². The zero-order valence-corrected chi connectivity index (χ0v) is 14.9. The smallest absolute Gasteiger partial charge is 0.232 e. The van der Waals surface area contributed by atoms with Crippen LogP contribution in [0.2, 0.25) is 0 Å². The van der Waals surface area contributed by atoms with E-state index in [-0.39, 0.29) is 11.2 Å². The molecular weight excluding hydrogens is 308 g/mol. The standard InChI is InChI=1S/C16H25ClO3S/c1-5-13-8-9-15(14(12-13)16(2,3)4)20-10-6-7-11-21(17,18)19/h8-9,12H,5-7,10-11H2,1-4H3. The van der Waals surface area contributed by atoms with E-state index in [1.54, 1.807) is 0 Å². The summed E-state index contributed by atoms with van der Waals surface area (Å²) in [5.41, 5.74) is 2.49. The summed E-state index contributed by atoms with van der Waals surface area (Å²) in [4.78, 5) is 0. The Morgan fingerprint density at radius 1 is 1.19 bits per heavy atom. The maximum atomic E-state index is 10.8. The maximum Gasteiger partial charge on any atom is 0.232 e. The molecule has 21 heavy (non-hydrogen) atoms. The molecule has 0 amide bonds. The molecule has 0 aromatic heterocycles. The molecule has 0 atom stereocenters. The van der Waals surface area contributed by atoms with E-state index in [1.807, 2.05) is 6.07 Å². The zero-order valence-electron chi connectivity index (χ0n) is 13.3. The molecule has 0 saturated carbocycles. The Kier molecular flexibility index (Phi) is 6.54. The summed E-state index contributed by atoms with van der Waals surface area (Å²) in [6, 6.07) is 6.28. The average Bonchev–Trinajstić information content (AvgIpc) is 2.36. The second-order valence-electron chi connectivity index (χ2n) is 6.23. The first kappa shape index (κ1) is 18.3. The van der Waals surface area contributed by atoms with Crippen molar-refractivity contribution in [3.63, 3.8) is 0 Å². The molecular formula is C16H25ClO3S. The predicted molar refractivity (Wildman–Crippen MR) is 88.9 cm³/mol. The Labute approximate surface area is 133 Å². The third-order valence-corrected chi connectivity index (χ3v) is 4.54. The van der Waals surface area contributed by atoms with E-state index in [9.17, 15) is 8.42 Å². The van der Waals surface area contributed by atoms with E-state index in [4.69, 9.17) is 15.4 Å². The van der Waals surface area contributed by atoms with Gasteiger partial charge >= 0.3 is 0 Å². The molecule has 0 aliphatic rings. The maximum absolute atomic E-state index is 10.8. The summed E-state index contributed by atoms with van der Waals surface area (Å²) in [5.74, 6) is 0.882. The van der Waals surface area contributed by atoms with E-state index in [2.05, 4.69) is 39.8 Å². The summed E-state index contributed by atoms with van der Waals surface area (Å²) in [6.45, 7) is 9.12. The van der Waals surface area contributed by atoms with Crippen molar-refractivity contribution in [3.05, 3.63) is 29.3 Å². The first-order chi connectivity index (χ1) is 9.63. The normalized spacial score (nSPS) is 12.4. The van der Waals surface area contributed by atoms with Crippen LogP contribution in [-0.2, 0) is 20.9 Å². The third kappa shape index (κ3) is 6.70. The van der Waals surface area contributed by atoms with Gasteiger partial charge in [0.05, 0.1) is 12.4 Å². The molecule has 0 unspecified atom stereocenters. The minimum absolute atomic E-state index is 0.00117. The van der Waals surface area contributed by atoms with Gasteiger partial charge in [-0.3, -0.25) is 0 Å². The Hall–Kier alpha value is -0.740. The Bertz CT molecular complexity index is 559. The lowest BCUT2D eigenvalue weighted by atomic mass is 9.85. The number of hydrogen-bond acceptors (Lipinski definition) is 3. The predicted octanol–water partition coefficient (Wildman–Crippen LogP) is 4.27. The monoisotopic (exact) mass is 332 g/mol. The summed E-state index contributed by atoms with van der Waals surface area (Å²) >= 11 is 0. The van der Waals surface area contributed by atoms with Crippen molar-refractivity contribution in [1.82, 2.24) is 0 Å². The summed E-state index contributed by atoms with van der Waals surface area (Å²) < 4.78 is 27.5. The Balaban J connectivity index is 2.66. The van der Waals surface area contributed by atoms with Gasteiger partial charge in [0.2, 0.25) is 9.05 Å². The second-order valence-corrected chi connectivity index (χ2v) is 9.13. The van der Waals surface area contributed by atoms with E-state index in [0.29, 0.717) is 19.4 Å². The van der Waals surface area contributed by atoms with Crippen LogP contribution in [0.25, 0.3) is 0 Å². The molecule has 0 heterocycles. The summed E-state index contributed by atoms with van der Waals surface area (Å²) in [7, 11) is 1.79. The van der Waals surface area contributed by atoms with Gasteiger partial charge in [0, 0.05) is 10.7 Å². The molecule has 0 N–H and O–H groups in total. The van der Waals surface area contributed by atoms with Gasteiger partial charge in [-0.05, 0) is 41.9 Å². The highest BCUT2D eigenvalue weighted by Gasteiger charge is 2.19. The zero-order chi connectivity index (χ0) is 16.1. The van der Waals surface area contributed by atoms with Crippen molar-refractivity contribution in [2.24, 2.45) is 0 Å². The fourth-order valence-corrected chi connectivity index (χ4v) is 2.94. The minimum Gasteiger partial charge on any atom is -0.493 e. The van der Waals surface area contributed by atoms with Crippen LogP contribution >= 0.6 is 10.7 Å². The lowest BCUT2D eigenvalue weighted by Gasteiger charge is -2.23. The average molecular weight is 333 g/mol. The molecule has 0 aliphatic carbocycles. The molecule has 0 spiro atoms. The minimum atomic E-state index is -3.39. The highest BCUT2D eigenvalue weighted by Crippen LogP contribution is 2.32. The van der Waals surface area contributed by atoms with Crippen molar-refractivity contribution in [3.8, 4) is 5.75 Å². The van der Waals surface area contributed by atoms with Crippen LogP contribution in [0.4, 0.5) is 0 Å². The molecule has 0 fully saturated rings. The molecule has 5 heteroatoms. The van der Waals surface area contributed by atoms with Gasteiger partial charge in [-0.1, -0.05) is 39.8 Å². The molecule has 0 bridgehead atoms. The van der Waals surface area contributed by atoms with E-state index < -0.39 is 9.05 Å². The van der Waals surface area contributed by atoms with Crippen LogP contribution in [0.15, 0.2) is 18.2 Å². The van der Waals surface area contributed by atoms with Crippen molar-refractivity contribution >= 4 is 19.7 Å². The van der Waals surface area contributed by atoms with Gasteiger partial charge in [0.15, 0.2) is 0 Å². The van der Waals surface area contributed by atoms with Crippen LogP contribution in [0.1, 0.15) is 51.7 Å². The molecule has 1 aromatic rings. The largest absolute Gasteiger partial charge is 0.493 e. The quantitative estimate of drug-likeness (QED) is 0.553. The third-order valence-electron chi connectivity index (χ3n) is 3.30. The molecule has 1 aromatic carbocycles. The Morgan fingerprint density at radius 2 is 1.86 bits per heavy atom. The van der Waals surface area contributed by atoms with Gasteiger partial charge in [0.1, 0.15) is 5.75 Å². The first-order valence-electron chi connectivity index (χ1n) is 7.32. The molecule has 0 radical (unpaired) electrons. The van der Waals surface area contributed by atoms with E-state index in [0.717, 1.165) is 12.2 Å². The molecule has 3 nitrogen and oxygen atoms in total. The second kappa shape index (κ2) is 7.50. The number of halogens is 1. The van der Waals surface area contributed by atoms with E-state index in [1.165, 1.54) is 11.1 Å². The molecule has 0 aliphatic heterocycles. The van der Waals surface area contributed by atoms with Crippen molar-refractivity contribution in [1.29, 1.82) is 0 Å². The highest BCUT2D eigenvalue weighted by molar-refractivity contribution is 8.13. The van der Waals surface area contributed by atoms with Gasteiger partial charge in [-0.15, -0.1) is 0 Å². The first-order valence-corrected chi connectivity index (χ1v) is 9.80. The molecule has 120 valence electrons. The fraction of sp³-hybridized carbons (Fsp3) is 0.625. The van der Waals surface area contributed by atoms with Gasteiger partial charge in [0.25, 0.3) is 0 Å². The van der Waals surface area contributed by atoms with Crippen LogP contribution in [0.5, 0.6) is 5.75 Å². The number of rotatable bonds is 7. The van der Waals surface area contributed by atoms with Gasteiger partial charge in [-0.2, -0.15) is 0 Å². The number of unbranched alkanes of at least 4 members (excludes halogenated alkanes) is 1. The lowest BCUT2D eigenvalue weighted by Crippen LogP contribution is -2.14. The van der Waals surface area contributed by atoms with Crippen LogP contribution in [0, 0.1) is 0 Å². The topological polar surface area (TPSA) is 43.4 Å². The highest BCUT2D eigenvalue weighted by atomic mass is 35.7. The summed E-state index contributed by atoms with van der Waals surface area (Å²) in [5, 5.41) is 0. The number of hydrogen-bond donors (Lipinski definition) is 0.